The van der Waals surface area contributed by atoms with Gasteiger partial charge in [0.1, 0.15) is 0 Å². The molecule has 7 heteroatoms. The summed E-state index contributed by atoms with van der Waals surface area (Å²) in [4.78, 5) is 40.5. The maximum Gasteiger partial charge on any atom is 0.339 e. The first-order valence-electron chi connectivity index (χ1n) is 9.06. The number of aromatic nitrogens is 1. The highest BCUT2D eigenvalue weighted by Crippen LogP contribution is 2.24. The van der Waals surface area contributed by atoms with Crippen LogP contribution >= 0.6 is 0 Å². The second-order valence-electron chi connectivity index (χ2n) is 6.13. The monoisotopic (exact) mass is 371 g/mol. The number of ether oxygens (including phenoxy) is 1. The Morgan fingerprint density at radius 3 is 2.52 bits per heavy atom. The summed E-state index contributed by atoms with van der Waals surface area (Å²) in [6.07, 6.45) is 1.50. The molecule has 144 valence electrons. The van der Waals surface area contributed by atoms with Gasteiger partial charge in [0.25, 0.3) is 5.91 Å². The van der Waals surface area contributed by atoms with Gasteiger partial charge in [-0.1, -0.05) is 32.0 Å². The molecule has 0 fully saturated rings. The number of hydrogen-bond acceptors (Lipinski definition) is 5. The number of pyridine rings is 1. The molecule has 0 aliphatic heterocycles. The molecule has 27 heavy (non-hydrogen) atoms. The number of para-hydroxylation sites is 1. The Hall–Kier alpha value is -2.96. The van der Waals surface area contributed by atoms with Gasteiger partial charge < -0.3 is 15.4 Å². The van der Waals surface area contributed by atoms with E-state index in [1.54, 1.807) is 0 Å². The molecule has 1 aromatic carbocycles. The third-order valence-corrected chi connectivity index (χ3v) is 4.13. The van der Waals surface area contributed by atoms with Gasteiger partial charge in [0.2, 0.25) is 5.91 Å². The molecule has 0 unspecified atom stereocenters. The Morgan fingerprint density at radius 1 is 1.07 bits per heavy atom. The first-order chi connectivity index (χ1) is 13.0. The van der Waals surface area contributed by atoms with E-state index in [1.165, 1.54) is 0 Å². The van der Waals surface area contributed by atoms with Crippen LogP contribution in [0.15, 0.2) is 24.3 Å². The number of aryl methyl sites for hydroxylation is 1. The second-order valence-corrected chi connectivity index (χ2v) is 6.13. The maximum absolute atomic E-state index is 12.6. The minimum Gasteiger partial charge on any atom is -0.452 e. The van der Waals surface area contributed by atoms with E-state index in [2.05, 4.69) is 15.6 Å². The van der Waals surface area contributed by atoms with Crippen LogP contribution in [0.5, 0.6) is 0 Å². The van der Waals surface area contributed by atoms with E-state index in [-0.39, 0.29) is 12.5 Å². The topological polar surface area (TPSA) is 97.4 Å². The SMILES string of the molecule is CCCNC(=O)CNC(=O)COC(=O)c1c(C)c(CC)nc2ccccc12. The van der Waals surface area contributed by atoms with Gasteiger partial charge in [-0.2, -0.15) is 0 Å². The van der Waals surface area contributed by atoms with Crippen LogP contribution in [-0.4, -0.2) is 42.5 Å². The van der Waals surface area contributed by atoms with Crippen molar-refractivity contribution in [2.45, 2.75) is 33.6 Å². The molecule has 1 aromatic heterocycles. The summed E-state index contributed by atoms with van der Waals surface area (Å²) >= 11 is 0. The number of nitrogens with zero attached hydrogens (tertiary/aromatic N) is 1. The fourth-order valence-corrected chi connectivity index (χ4v) is 2.73. The van der Waals surface area contributed by atoms with E-state index >= 15 is 0 Å². The van der Waals surface area contributed by atoms with Gasteiger partial charge in [-0.05, 0) is 31.4 Å². The average molecular weight is 371 g/mol. The van der Waals surface area contributed by atoms with E-state index in [4.69, 9.17) is 4.74 Å². The highest BCUT2D eigenvalue weighted by atomic mass is 16.5. The highest BCUT2D eigenvalue weighted by molar-refractivity contribution is 6.05. The van der Waals surface area contributed by atoms with E-state index in [1.807, 2.05) is 45.0 Å². The summed E-state index contributed by atoms with van der Waals surface area (Å²) in [5, 5.41) is 5.77. The summed E-state index contributed by atoms with van der Waals surface area (Å²) < 4.78 is 5.18. The van der Waals surface area contributed by atoms with Crippen LogP contribution in [0.1, 0.15) is 41.9 Å². The Bertz CT molecular complexity index is 848. The Balaban J connectivity index is 2.05. The van der Waals surface area contributed by atoms with Crippen molar-refractivity contribution >= 4 is 28.7 Å². The zero-order valence-corrected chi connectivity index (χ0v) is 15.9. The van der Waals surface area contributed by atoms with Gasteiger partial charge in [-0.25, -0.2) is 4.79 Å². The molecular weight excluding hydrogens is 346 g/mol. The molecule has 0 bridgehead atoms. The third kappa shape index (κ3) is 5.26. The Morgan fingerprint density at radius 2 is 1.81 bits per heavy atom. The standard InChI is InChI=1S/C20H25N3O4/c1-4-10-21-17(24)11-22-18(25)12-27-20(26)19-13(3)15(5-2)23-16-9-7-6-8-14(16)19/h6-9H,4-5,10-12H2,1-3H3,(H,21,24)(H,22,25). The minimum absolute atomic E-state index is 0.145. The molecule has 2 amide bonds. The lowest BCUT2D eigenvalue weighted by atomic mass is 10.0. The number of amides is 2. The van der Waals surface area contributed by atoms with Crippen LogP contribution in [0, 0.1) is 6.92 Å². The Kier molecular flexibility index (Phi) is 7.28. The number of carbonyl (C=O) groups is 3. The van der Waals surface area contributed by atoms with Crippen molar-refractivity contribution in [3.63, 3.8) is 0 Å². The van der Waals surface area contributed by atoms with Crippen LogP contribution < -0.4 is 10.6 Å². The summed E-state index contributed by atoms with van der Waals surface area (Å²) in [6, 6.07) is 7.33. The summed E-state index contributed by atoms with van der Waals surface area (Å²) in [7, 11) is 0. The minimum atomic E-state index is -0.577. The summed E-state index contributed by atoms with van der Waals surface area (Å²) in [5.41, 5.74) is 2.70. The van der Waals surface area contributed by atoms with Crippen LogP contribution in [0.4, 0.5) is 0 Å². The molecule has 7 nitrogen and oxygen atoms in total. The molecule has 2 rings (SSSR count). The van der Waals surface area contributed by atoms with Crippen molar-refractivity contribution in [3.05, 3.63) is 41.1 Å². The molecular formula is C20H25N3O4. The molecule has 0 aliphatic carbocycles. The van der Waals surface area contributed by atoms with Gasteiger partial charge in [0.15, 0.2) is 6.61 Å². The van der Waals surface area contributed by atoms with Gasteiger partial charge in [-0.15, -0.1) is 0 Å². The van der Waals surface area contributed by atoms with Crippen molar-refractivity contribution in [3.8, 4) is 0 Å². The van der Waals surface area contributed by atoms with Crippen LogP contribution in [0.3, 0.4) is 0 Å². The molecule has 0 aliphatic rings. The predicted molar refractivity (Wildman–Crippen MR) is 102 cm³/mol. The normalized spacial score (nSPS) is 10.5. The molecule has 0 spiro atoms. The zero-order valence-electron chi connectivity index (χ0n) is 15.9. The van der Waals surface area contributed by atoms with Crippen molar-refractivity contribution in [1.82, 2.24) is 15.6 Å². The largest absolute Gasteiger partial charge is 0.452 e. The Labute approximate surface area is 158 Å². The fraction of sp³-hybridized carbons (Fsp3) is 0.400. The average Bonchev–Trinajstić information content (AvgIpc) is 2.68. The zero-order chi connectivity index (χ0) is 19.8. The molecule has 0 radical (unpaired) electrons. The van der Waals surface area contributed by atoms with E-state index < -0.39 is 18.5 Å². The van der Waals surface area contributed by atoms with Crippen molar-refractivity contribution in [2.75, 3.05) is 19.7 Å². The number of nitrogens with one attached hydrogen (secondary N) is 2. The third-order valence-electron chi connectivity index (χ3n) is 4.13. The van der Waals surface area contributed by atoms with Crippen molar-refractivity contribution in [2.24, 2.45) is 0 Å². The summed E-state index contributed by atoms with van der Waals surface area (Å²) in [5.74, 6) is -1.38. The lowest BCUT2D eigenvalue weighted by Crippen LogP contribution is -2.39. The van der Waals surface area contributed by atoms with Gasteiger partial charge >= 0.3 is 5.97 Å². The number of benzene rings is 1. The van der Waals surface area contributed by atoms with E-state index in [0.717, 1.165) is 17.7 Å². The smallest absolute Gasteiger partial charge is 0.339 e. The molecule has 1 heterocycles. The van der Waals surface area contributed by atoms with Crippen LogP contribution in [0.25, 0.3) is 10.9 Å². The van der Waals surface area contributed by atoms with Crippen LogP contribution in [0.2, 0.25) is 0 Å². The lowest BCUT2D eigenvalue weighted by Gasteiger charge is -2.13. The predicted octanol–water partition coefficient (Wildman–Crippen LogP) is 1.90. The number of esters is 1. The number of carbonyl (C=O) groups excluding carboxylic acids is 3. The summed E-state index contributed by atoms with van der Waals surface area (Å²) in [6.45, 7) is 5.69. The van der Waals surface area contributed by atoms with Crippen molar-refractivity contribution in [1.29, 1.82) is 0 Å². The first kappa shape index (κ1) is 20.4. The number of hydrogen-bond donors (Lipinski definition) is 2. The first-order valence-corrected chi connectivity index (χ1v) is 9.06. The van der Waals surface area contributed by atoms with E-state index in [0.29, 0.717) is 29.4 Å². The molecule has 2 aromatic rings. The highest BCUT2D eigenvalue weighted by Gasteiger charge is 2.19. The fourth-order valence-electron chi connectivity index (χ4n) is 2.73. The molecule has 0 atom stereocenters. The van der Waals surface area contributed by atoms with Crippen molar-refractivity contribution < 1.29 is 19.1 Å². The van der Waals surface area contributed by atoms with Crippen LogP contribution in [-0.2, 0) is 20.7 Å². The van der Waals surface area contributed by atoms with Gasteiger partial charge in [0, 0.05) is 17.6 Å². The lowest BCUT2D eigenvalue weighted by molar-refractivity contribution is -0.127. The van der Waals surface area contributed by atoms with E-state index in [9.17, 15) is 14.4 Å². The maximum atomic E-state index is 12.6. The van der Waals surface area contributed by atoms with Gasteiger partial charge in [-0.3, -0.25) is 14.6 Å². The molecule has 0 saturated heterocycles. The molecule has 0 saturated carbocycles. The number of rotatable bonds is 8. The number of fused-ring (bicyclic) bond motifs is 1. The quantitative estimate of drug-likeness (QED) is 0.691. The van der Waals surface area contributed by atoms with Gasteiger partial charge in [0.05, 0.1) is 17.6 Å². The second kappa shape index (κ2) is 9.66. The molecule has 2 N–H and O–H groups in total.